The Balaban J connectivity index is 1.39. The second-order valence-electron chi connectivity index (χ2n) is 20.2. The van der Waals surface area contributed by atoms with Gasteiger partial charge in [-0.2, -0.15) is 0 Å². The summed E-state index contributed by atoms with van der Waals surface area (Å²) < 4.78 is 7.24. The number of benzene rings is 4. The summed E-state index contributed by atoms with van der Waals surface area (Å²) in [6, 6.07) is 26.5. The fourth-order valence-electron chi connectivity index (χ4n) is 9.86. The maximum Gasteiger partial charge on any atom is 0.297 e. The number of hydrogen-bond donors (Lipinski definition) is 0. The minimum Gasteiger partial charge on any atom is -0.472 e. The highest BCUT2D eigenvalue weighted by Gasteiger charge is 2.49. The van der Waals surface area contributed by atoms with Crippen molar-refractivity contribution in [2.75, 3.05) is 9.80 Å². The van der Waals surface area contributed by atoms with Crippen molar-refractivity contribution in [2.24, 2.45) is 0 Å². The highest BCUT2D eigenvalue weighted by Crippen LogP contribution is 2.52. The lowest BCUT2D eigenvalue weighted by Gasteiger charge is -2.47. The summed E-state index contributed by atoms with van der Waals surface area (Å²) in [7, 11) is 0. The molecule has 3 nitrogen and oxygen atoms in total. The van der Waals surface area contributed by atoms with Gasteiger partial charge in [0, 0.05) is 40.4 Å². The van der Waals surface area contributed by atoms with E-state index in [4.69, 9.17) is 4.42 Å². The van der Waals surface area contributed by atoms with Crippen LogP contribution in [0.4, 0.5) is 34.1 Å². The van der Waals surface area contributed by atoms with Gasteiger partial charge in [0.15, 0.2) is 0 Å². The van der Waals surface area contributed by atoms with E-state index < -0.39 is 0 Å². The topological polar surface area (TPSA) is 19.6 Å². The van der Waals surface area contributed by atoms with E-state index in [0.29, 0.717) is 0 Å². The Morgan fingerprint density at radius 1 is 0.667 bits per heavy atom. The first kappa shape index (κ1) is 35.3. The second-order valence-corrected chi connectivity index (χ2v) is 20.2. The predicted molar refractivity (Wildman–Crippen MR) is 232 cm³/mol. The van der Waals surface area contributed by atoms with Gasteiger partial charge in [-0.25, -0.2) is 0 Å². The molecule has 0 atom stereocenters. The zero-order chi connectivity index (χ0) is 38.3. The van der Waals surface area contributed by atoms with Crippen molar-refractivity contribution >= 4 is 63.5 Å². The van der Waals surface area contributed by atoms with Gasteiger partial charge in [0.1, 0.15) is 5.76 Å². The number of allylic oxidation sites excluding steroid dienone is 1. The standard InChI is InChI=1S/C50H57BN2O/c1-30-25-41-44-42(26-30)53(39-22-19-33(27-31(39)2)48(6,7)8)40-29-37-36(49(9,10)23-24-50(37,11)12)28-38(40)51(44)46-45(35-15-13-14-16-43(35)54-46)52(41)34-20-17-32(18-21-34)47(3,4)5/h13,15,17-22,25-29H,14,16,23-24H2,1-12H3. The monoisotopic (exact) mass is 712 g/mol. The SMILES string of the molecule is Cc1cc2c3c(c1)N(c1ccc(C(C)(C)C)cc1)c1c(oc4c1C=CCC4)B3c1cc3c(cc1N2c1ccc(C(C)(C)C)cc1C)C(C)(C)CCC3(C)C. The number of furan rings is 1. The molecular formula is C50H57BN2O. The van der Waals surface area contributed by atoms with Crippen LogP contribution in [0.25, 0.3) is 6.08 Å². The van der Waals surface area contributed by atoms with E-state index in [-0.39, 0.29) is 28.4 Å². The maximum absolute atomic E-state index is 7.24. The molecule has 9 rings (SSSR count). The van der Waals surface area contributed by atoms with E-state index in [0.717, 1.165) is 24.3 Å². The van der Waals surface area contributed by atoms with Crippen molar-refractivity contribution in [2.45, 2.75) is 130 Å². The summed E-state index contributed by atoms with van der Waals surface area (Å²) in [5, 5.41) is 0. The van der Waals surface area contributed by atoms with Crippen molar-refractivity contribution in [1.29, 1.82) is 0 Å². The van der Waals surface area contributed by atoms with Gasteiger partial charge in [-0.05, 0) is 135 Å². The lowest BCUT2D eigenvalue weighted by Crippen LogP contribution is -2.61. The number of nitrogens with zero attached hydrogens (tertiary/aromatic N) is 2. The van der Waals surface area contributed by atoms with Crippen LogP contribution in [0.3, 0.4) is 0 Å². The van der Waals surface area contributed by atoms with Crippen molar-refractivity contribution in [3.05, 3.63) is 118 Å². The molecule has 0 saturated carbocycles. The normalized spacial score (nSPS) is 17.8. The molecule has 0 unspecified atom stereocenters. The van der Waals surface area contributed by atoms with Gasteiger partial charge in [0.2, 0.25) is 0 Å². The average Bonchev–Trinajstić information content (AvgIpc) is 3.48. The zero-order valence-corrected chi connectivity index (χ0v) is 34.7. The molecule has 4 heteroatoms. The predicted octanol–water partition coefficient (Wildman–Crippen LogP) is 11.9. The molecule has 0 radical (unpaired) electrons. The number of rotatable bonds is 2. The summed E-state index contributed by atoms with van der Waals surface area (Å²) in [4.78, 5) is 5.15. The van der Waals surface area contributed by atoms with Gasteiger partial charge in [0.25, 0.3) is 6.71 Å². The third-order valence-corrected chi connectivity index (χ3v) is 13.2. The fraction of sp³-hybridized carbons (Fsp3) is 0.400. The van der Waals surface area contributed by atoms with Crippen LogP contribution in [-0.2, 0) is 28.1 Å². The number of fused-ring (bicyclic) bond motifs is 7. The summed E-state index contributed by atoms with van der Waals surface area (Å²) in [6.07, 6.45) is 8.95. The van der Waals surface area contributed by atoms with Crippen LogP contribution in [0.1, 0.15) is 133 Å². The largest absolute Gasteiger partial charge is 0.472 e. The Bertz CT molecular complexity index is 2390. The molecule has 0 saturated heterocycles. The molecule has 0 fully saturated rings. The van der Waals surface area contributed by atoms with Crippen molar-refractivity contribution in [3.8, 4) is 0 Å². The van der Waals surface area contributed by atoms with Crippen LogP contribution >= 0.6 is 0 Å². The third kappa shape index (κ3) is 5.22. The van der Waals surface area contributed by atoms with Gasteiger partial charge in [-0.3, -0.25) is 0 Å². The maximum atomic E-state index is 7.24. The highest BCUT2D eigenvalue weighted by atomic mass is 16.3. The average molecular weight is 713 g/mol. The Morgan fingerprint density at radius 2 is 1.28 bits per heavy atom. The third-order valence-electron chi connectivity index (χ3n) is 13.2. The van der Waals surface area contributed by atoms with E-state index in [1.54, 1.807) is 0 Å². The van der Waals surface area contributed by atoms with Crippen LogP contribution in [0.2, 0.25) is 0 Å². The van der Waals surface area contributed by atoms with Crippen molar-refractivity contribution < 1.29 is 4.42 Å². The van der Waals surface area contributed by atoms with Gasteiger partial charge in [-0.15, -0.1) is 0 Å². The highest BCUT2D eigenvalue weighted by molar-refractivity contribution is 6.99. The van der Waals surface area contributed by atoms with Crippen LogP contribution in [0.15, 0.2) is 77.2 Å². The molecular weight excluding hydrogens is 655 g/mol. The molecule has 5 aromatic rings. The zero-order valence-electron chi connectivity index (χ0n) is 34.7. The first-order valence-electron chi connectivity index (χ1n) is 20.3. The number of hydrogen-bond acceptors (Lipinski definition) is 3. The van der Waals surface area contributed by atoms with Crippen LogP contribution in [0.5, 0.6) is 0 Å². The van der Waals surface area contributed by atoms with E-state index in [1.807, 2.05) is 0 Å². The molecule has 0 spiro atoms. The smallest absolute Gasteiger partial charge is 0.297 e. The molecule has 54 heavy (non-hydrogen) atoms. The Hall–Kier alpha value is -4.44. The molecule has 2 aliphatic carbocycles. The van der Waals surface area contributed by atoms with E-state index >= 15 is 0 Å². The molecule has 3 heterocycles. The van der Waals surface area contributed by atoms with Gasteiger partial charge in [-0.1, -0.05) is 112 Å². The Labute approximate surface area is 324 Å². The number of aryl methyl sites for hydroxylation is 3. The Morgan fingerprint density at radius 3 is 1.91 bits per heavy atom. The number of anilines is 6. The molecule has 4 aliphatic rings. The molecule has 4 aromatic carbocycles. The van der Waals surface area contributed by atoms with Crippen molar-refractivity contribution in [3.63, 3.8) is 0 Å². The Kier molecular flexibility index (Phi) is 7.54. The molecule has 0 amide bonds. The van der Waals surface area contributed by atoms with Crippen molar-refractivity contribution in [1.82, 2.24) is 0 Å². The van der Waals surface area contributed by atoms with Crippen LogP contribution in [0, 0.1) is 13.8 Å². The lowest BCUT2D eigenvalue weighted by molar-refractivity contribution is 0.332. The van der Waals surface area contributed by atoms with Crippen LogP contribution < -0.4 is 26.4 Å². The van der Waals surface area contributed by atoms with E-state index in [1.165, 1.54) is 96.8 Å². The first-order valence-corrected chi connectivity index (χ1v) is 20.3. The minimum atomic E-state index is -0.0266. The quantitative estimate of drug-likeness (QED) is 0.166. The fourth-order valence-corrected chi connectivity index (χ4v) is 9.86. The lowest BCUT2D eigenvalue weighted by atomic mass is 9.35. The summed E-state index contributed by atoms with van der Waals surface area (Å²) in [5.74, 6) is 1.11. The molecule has 1 aromatic heterocycles. The molecule has 276 valence electrons. The molecule has 2 aliphatic heterocycles. The van der Waals surface area contributed by atoms with Crippen LogP contribution in [-0.4, -0.2) is 6.71 Å². The van der Waals surface area contributed by atoms with E-state index in [2.05, 4.69) is 172 Å². The first-order chi connectivity index (χ1) is 25.3. The van der Waals surface area contributed by atoms with E-state index in [9.17, 15) is 0 Å². The summed E-state index contributed by atoms with van der Waals surface area (Å²) >= 11 is 0. The van der Waals surface area contributed by atoms with Gasteiger partial charge >= 0.3 is 0 Å². The summed E-state index contributed by atoms with van der Waals surface area (Å²) in [5.41, 5.74) is 21.0. The summed E-state index contributed by atoms with van der Waals surface area (Å²) in [6.45, 7) is 28.2. The second kappa shape index (κ2) is 11.5. The van der Waals surface area contributed by atoms with Gasteiger partial charge in [0.05, 0.1) is 11.3 Å². The molecule has 0 N–H and O–H groups in total. The van der Waals surface area contributed by atoms with Gasteiger partial charge < -0.3 is 14.2 Å². The molecule has 0 bridgehead atoms. The minimum absolute atomic E-state index is 0.0266.